The predicted molar refractivity (Wildman–Crippen MR) is 74.5 cm³/mol. The van der Waals surface area contributed by atoms with E-state index in [1.807, 2.05) is 0 Å². The minimum Gasteiger partial charge on any atom is -0.374 e. The molecule has 0 aliphatic heterocycles. The molecule has 0 amide bonds. The van der Waals surface area contributed by atoms with E-state index < -0.39 is 0 Å². The highest BCUT2D eigenvalue weighted by Crippen LogP contribution is 2.20. The van der Waals surface area contributed by atoms with Gasteiger partial charge in [0.1, 0.15) is 10.7 Å². The molecule has 1 rings (SSSR count). The fourth-order valence-corrected chi connectivity index (χ4v) is 2.28. The number of hydrogen-bond donors (Lipinski definition) is 1. The summed E-state index contributed by atoms with van der Waals surface area (Å²) in [5.74, 6) is 0. The van der Waals surface area contributed by atoms with E-state index in [9.17, 15) is 0 Å². The van der Waals surface area contributed by atoms with Crippen molar-refractivity contribution in [2.45, 2.75) is 53.1 Å². The Bertz CT molecular complexity index is 311. The minimum absolute atomic E-state index is 0.552. The van der Waals surface area contributed by atoms with Crippen LogP contribution in [-0.4, -0.2) is 33.6 Å². The molecule has 0 atom stereocenters. The number of hydrogen-bond acceptors (Lipinski definition) is 5. The molecule has 0 saturated carbocycles. The molecule has 0 aromatic carbocycles. The smallest absolute Gasteiger partial charge is 0.134 e. The van der Waals surface area contributed by atoms with Crippen molar-refractivity contribution in [1.29, 1.82) is 0 Å². The van der Waals surface area contributed by atoms with E-state index in [4.69, 9.17) is 0 Å². The second kappa shape index (κ2) is 7.61. The maximum Gasteiger partial charge on any atom is 0.134 e. The average molecular weight is 256 g/mol. The molecule has 0 bridgehead atoms. The van der Waals surface area contributed by atoms with Crippen LogP contribution in [0.15, 0.2) is 0 Å². The Morgan fingerprint density at radius 1 is 1.29 bits per heavy atom. The molecule has 0 aliphatic carbocycles. The maximum absolute atomic E-state index is 4.24. The largest absolute Gasteiger partial charge is 0.374 e. The van der Waals surface area contributed by atoms with Gasteiger partial charge in [-0.05, 0) is 33.2 Å². The molecule has 98 valence electrons. The van der Waals surface area contributed by atoms with Crippen LogP contribution in [0.3, 0.4) is 0 Å². The van der Waals surface area contributed by atoms with Crippen molar-refractivity contribution in [3.8, 4) is 0 Å². The summed E-state index contributed by atoms with van der Waals surface area (Å²) in [5.41, 5.74) is 1.09. The summed E-state index contributed by atoms with van der Waals surface area (Å²) in [4.78, 5) is 2.44. The Balaban J connectivity index is 2.61. The third-order valence-corrected chi connectivity index (χ3v) is 3.41. The van der Waals surface area contributed by atoms with Crippen LogP contribution in [0.5, 0.6) is 0 Å². The molecule has 17 heavy (non-hydrogen) atoms. The van der Waals surface area contributed by atoms with Crippen molar-refractivity contribution in [3.05, 3.63) is 5.69 Å². The van der Waals surface area contributed by atoms with Crippen molar-refractivity contribution in [2.75, 3.05) is 18.4 Å². The van der Waals surface area contributed by atoms with Gasteiger partial charge in [0, 0.05) is 30.7 Å². The quantitative estimate of drug-likeness (QED) is 0.776. The van der Waals surface area contributed by atoms with Gasteiger partial charge in [0.15, 0.2) is 0 Å². The lowest BCUT2D eigenvalue weighted by Gasteiger charge is -2.25. The maximum atomic E-state index is 4.24. The van der Waals surface area contributed by atoms with Gasteiger partial charge in [-0.25, -0.2) is 0 Å². The van der Waals surface area contributed by atoms with E-state index in [1.54, 1.807) is 0 Å². The summed E-state index contributed by atoms with van der Waals surface area (Å²) in [6.45, 7) is 11.8. The zero-order valence-electron chi connectivity index (χ0n) is 11.4. The topological polar surface area (TPSA) is 41.1 Å². The van der Waals surface area contributed by atoms with Crippen LogP contribution in [0, 0.1) is 0 Å². The van der Waals surface area contributed by atoms with E-state index in [1.165, 1.54) is 18.0 Å². The lowest BCUT2D eigenvalue weighted by molar-refractivity contribution is 0.211. The first-order valence-electron chi connectivity index (χ1n) is 6.48. The first kappa shape index (κ1) is 14.4. The van der Waals surface area contributed by atoms with E-state index >= 15 is 0 Å². The lowest BCUT2D eigenvalue weighted by atomic mass is 10.2. The van der Waals surface area contributed by atoms with Crippen LogP contribution in [0.1, 0.15) is 46.2 Å². The summed E-state index contributed by atoms with van der Waals surface area (Å²) < 4.78 is 4.05. The molecule has 0 saturated heterocycles. The van der Waals surface area contributed by atoms with Crippen molar-refractivity contribution < 1.29 is 0 Å². The summed E-state index contributed by atoms with van der Waals surface area (Å²) in [6, 6.07) is 0.552. The zero-order chi connectivity index (χ0) is 12.7. The second-order valence-corrected chi connectivity index (χ2v) is 5.29. The van der Waals surface area contributed by atoms with E-state index in [-0.39, 0.29) is 0 Å². The summed E-state index contributed by atoms with van der Waals surface area (Å²) >= 11 is 1.46. The Hall–Kier alpha value is -0.680. The van der Waals surface area contributed by atoms with E-state index in [0.29, 0.717) is 6.04 Å². The van der Waals surface area contributed by atoms with Crippen LogP contribution in [-0.2, 0) is 6.54 Å². The van der Waals surface area contributed by atoms with E-state index in [0.717, 1.165) is 36.8 Å². The normalized spacial score (nSPS) is 11.4. The molecule has 1 aromatic rings. The molecule has 4 nitrogen and oxygen atoms in total. The van der Waals surface area contributed by atoms with Gasteiger partial charge in [-0.2, -0.15) is 0 Å². The van der Waals surface area contributed by atoms with Crippen molar-refractivity contribution in [3.63, 3.8) is 0 Å². The highest BCUT2D eigenvalue weighted by molar-refractivity contribution is 7.10. The molecule has 0 radical (unpaired) electrons. The average Bonchev–Trinajstić information content (AvgIpc) is 2.73. The predicted octanol–water partition coefficient (Wildman–Crippen LogP) is 2.98. The molecule has 5 heteroatoms. The Morgan fingerprint density at radius 3 is 2.65 bits per heavy atom. The van der Waals surface area contributed by atoms with Crippen LogP contribution in [0.25, 0.3) is 0 Å². The SMILES string of the molecule is CCCNc1snnc1CN(CCC)C(C)C. The minimum atomic E-state index is 0.552. The molecule has 1 N–H and O–H groups in total. The second-order valence-electron chi connectivity index (χ2n) is 4.54. The standard InChI is InChI=1S/C12H24N4S/c1-5-7-13-12-11(14-15-17-12)9-16(8-6-2)10(3)4/h10,13H,5-9H2,1-4H3. The molecule has 0 aliphatic rings. The van der Waals surface area contributed by atoms with Gasteiger partial charge in [-0.1, -0.05) is 18.3 Å². The molecule has 1 heterocycles. The molecule has 0 fully saturated rings. The highest BCUT2D eigenvalue weighted by atomic mass is 32.1. The monoisotopic (exact) mass is 256 g/mol. The van der Waals surface area contributed by atoms with Crippen molar-refractivity contribution in [1.82, 2.24) is 14.5 Å². The fourth-order valence-electron chi connectivity index (χ4n) is 1.68. The van der Waals surface area contributed by atoms with E-state index in [2.05, 4.69) is 47.5 Å². The van der Waals surface area contributed by atoms with Gasteiger partial charge in [-0.3, -0.25) is 4.90 Å². The third-order valence-electron chi connectivity index (χ3n) is 2.69. The van der Waals surface area contributed by atoms with Gasteiger partial charge in [0.2, 0.25) is 0 Å². The fraction of sp³-hybridized carbons (Fsp3) is 0.833. The number of nitrogens with one attached hydrogen (secondary N) is 1. The van der Waals surface area contributed by atoms with Crippen LogP contribution in [0.2, 0.25) is 0 Å². The van der Waals surface area contributed by atoms with Gasteiger partial charge in [-0.15, -0.1) is 5.10 Å². The van der Waals surface area contributed by atoms with Gasteiger partial charge >= 0.3 is 0 Å². The first-order chi connectivity index (χ1) is 8.19. The zero-order valence-corrected chi connectivity index (χ0v) is 12.2. The van der Waals surface area contributed by atoms with Gasteiger partial charge < -0.3 is 5.32 Å². The Morgan fingerprint density at radius 2 is 2.06 bits per heavy atom. The summed E-state index contributed by atoms with van der Waals surface area (Å²) in [6.07, 6.45) is 2.30. The Labute approximate surface area is 109 Å². The van der Waals surface area contributed by atoms with Crippen LogP contribution < -0.4 is 5.32 Å². The lowest BCUT2D eigenvalue weighted by Crippen LogP contribution is -2.31. The first-order valence-corrected chi connectivity index (χ1v) is 7.25. The highest BCUT2D eigenvalue weighted by Gasteiger charge is 2.14. The molecule has 0 unspecified atom stereocenters. The van der Waals surface area contributed by atoms with Gasteiger partial charge in [0.25, 0.3) is 0 Å². The number of anilines is 1. The molecular formula is C12H24N4S. The van der Waals surface area contributed by atoms with Crippen molar-refractivity contribution >= 4 is 16.5 Å². The third kappa shape index (κ3) is 4.60. The Kier molecular flexibility index (Phi) is 6.44. The number of aromatic nitrogens is 2. The molecular weight excluding hydrogens is 232 g/mol. The molecule has 1 aromatic heterocycles. The van der Waals surface area contributed by atoms with Crippen LogP contribution >= 0.6 is 11.5 Å². The number of nitrogens with zero attached hydrogens (tertiary/aromatic N) is 3. The summed E-state index contributed by atoms with van der Waals surface area (Å²) in [7, 11) is 0. The summed E-state index contributed by atoms with van der Waals surface area (Å²) in [5, 5.41) is 8.77. The van der Waals surface area contributed by atoms with Crippen LogP contribution in [0.4, 0.5) is 5.00 Å². The molecule has 0 spiro atoms. The number of rotatable bonds is 8. The van der Waals surface area contributed by atoms with Crippen molar-refractivity contribution in [2.24, 2.45) is 0 Å². The van der Waals surface area contributed by atoms with Gasteiger partial charge in [0.05, 0.1) is 0 Å².